The number of anilines is 1. The number of nitrogens with zero attached hydrogens (tertiary/aromatic N) is 3. The number of carbonyl (C=O) groups is 1. The van der Waals surface area contributed by atoms with Crippen LogP contribution in [0.15, 0.2) is 4.52 Å². The van der Waals surface area contributed by atoms with Crippen molar-refractivity contribution in [1.29, 1.82) is 0 Å². The molecule has 0 aliphatic carbocycles. The van der Waals surface area contributed by atoms with Gasteiger partial charge < -0.3 is 9.42 Å². The van der Waals surface area contributed by atoms with Crippen molar-refractivity contribution in [1.82, 2.24) is 15.0 Å². The fourth-order valence-electron chi connectivity index (χ4n) is 1.28. The summed E-state index contributed by atoms with van der Waals surface area (Å²) < 4.78 is 31.2. The summed E-state index contributed by atoms with van der Waals surface area (Å²) in [5, 5.41) is 2.31. The largest absolute Gasteiger partial charge is 0.348 e. The highest BCUT2D eigenvalue weighted by molar-refractivity contribution is 7.94. The Morgan fingerprint density at radius 2 is 1.90 bits per heavy atom. The summed E-state index contributed by atoms with van der Waals surface area (Å²) in [7, 11) is -0.943. The van der Waals surface area contributed by atoms with Gasteiger partial charge in [0.25, 0.3) is 5.95 Å². The lowest BCUT2D eigenvalue weighted by Gasteiger charge is -2.16. The summed E-state index contributed by atoms with van der Waals surface area (Å²) in [5.41, 5.74) is -0.387. The van der Waals surface area contributed by atoms with Gasteiger partial charge in [0.2, 0.25) is 21.8 Å². The number of sulfonamides is 1. The summed E-state index contributed by atoms with van der Waals surface area (Å²) >= 11 is 0. The SMILES string of the molecule is C[C@H](C(=O)N(C)C)S(=O)(=O)Nc1noc(C(C)(C)C)n1. The Morgan fingerprint density at radius 3 is 2.30 bits per heavy atom. The van der Waals surface area contributed by atoms with Crippen LogP contribution in [0.25, 0.3) is 0 Å². The molecule has 8 nitrogen and oxygen atoms in total. The van der Waals surface area contributed by atoms with Crippen molar-refractivity contribution in [3.8, 4) is 0 Å². The van der Waals surface area contributed by atoms with Crippen LogP contribution in [0.5, 0.6) is 0 Å². The third kappa shape index (κ3) is 3.69. The molecule has 1 amide bonds. The van der Waals surface area contributed by atoms with Gasteiger partial charge in [0.15, 0.2) is 5.25 Å². The molecule has 0 fully saturated rings. The van der Waals surface area contributed by atoms with Crippen molar-refractivity contribution < 1.29 is 17.7 Å². The maximum atomic E-state index is 12.0. The number of carbonyl (C=O) groups excluding carboxylic acids is 1. The van der Waals surface area contributed by atoms with E-state index in [1.165, 1.54) is 25.9 Å². The van der Waals surface area contributed by atoms with Gasteiger partial charge in [-0.05, 0) is 12.1 Å². The Kier molecular flexibility index (Phi) is 4.42. The summed E-state index contributed by atoms with van der Waals surface area (Å²) in [5.74, 6) is -0.396. The molecule has 20 heavy (non-hydrogen) atoms. The highest BCUT2D eigenvalue weighted by Crippen LogP contribution is 2.21. The predicted molar refractivity (Wildman–Crippen MR) is 73.7 cm³/mol. The molecular formula is C11H20N4O4S. The van der Waals surface area contributed by atoms with Gasteiger partial charge in [-0.15, -0.1) is 0 Å². The van der Waals surface area contributed by atoms with Crippen molar-refractivity contribution >= 4 is 21.9 Å². The first-order valence-electron chi connectivity index (χ1n) is 6.02. The molecule has 1 rings (SSSR count). The molecular weight excluding hydrogens is 284 g/mol. The second-order valence-corrected chi connectivity index (χ2v) is 7.70. The maximum Gasteiger partial charge on any atom is 0.277 e. The Hall–Kier alpha value is -1.64. The van der Waals surface area contributed by atoms with E-state index in [0.29, 0.717) is 5.89 Å². The van der Waals surface area contributed by atoms with Gasteiger partial charge in [0.1, 0.15) is 0 Å². The van der Waals surface area contributed by atoms with Crippen molar-refractivity contribution in [2.45, 2.75) is 38.4 Å². The first-order chi connectivity index (χ1) is 8.95. The van der Waals surface area contributed by atoms with Crippen LogP contribution in [0.2, 0.25) is 0 Å². The normalized spacial score (nSPS) is 13.9. The zero-order chi connectivity index (χ0) is 15.7. The lowest BCUT2D eigenvalue weighted by molar-refractivity contribution is -0.127. The van der Waals surface area contributed by atoms with E-state index in [9.17, 15) is 13.2 Å². The van der Waals surface area contributed by atoms with Gasteiger partial charge in [-0.1, -0.05) is 20.8 Å². The molecule has 0 bridgehead atoms. The minimum absolute atomic E-state index is 0.173. The molecule has 1 aromatic rings. The van der Waals surface area contributed by atoms with Crippen molar-refractivity contribution in [3.05, 3.63) is 5.89 Å². The molecule has 0 aromatic carbocycles. The molecule has 0 saturated carbocycles. The van der Waals surface area contributed by atoms with Gasteiger partial charge >= 0.3 is 0 Å². The molecule has 9 heteroatoms. The highest BCUT2D eigenvalue weighted by atomic mass is 32.2. The highest BCUT2D eigenvalue weighted by Gasteiger charge is 2.31. The molecule has 0 unspecified atom stereocenters. The zero-order valence-corrected chi connectivity index (χ0v) is 13.3. The lowest BCUT2D eigenvalue weighted by atomic mass is 9.97. The van der Waals surface area contributed by atoms with Crippen LogP contribution < -0.4 is 4.72 Å². The fraction of sp³-hybridized carbons (Fsp3) is 0.727. The smallest absolute Gasteiger partial charge is 0.277 e. The van der Waals surface area contributed by atoms with E-state index < -0.39 is 21.2 Å². The quantitative estimate of drug-likeness (QED) is 0.872. The van der Waals surface area contributed by atoms with Gasteiger partial charge in [0, 0.05) is 19.5 Å². The van der Waals surface area contributed by atoms with Crippen LogP contribution in [0.1, 0.15) is 33.6 Å². The van der Waals surface area contributed by atoms with Crippen molar-refractivity contribution in [2.24, 2.45) is 0 Å². The molecule has 1 N–H and O–H groups in total. The molecule has 0 radical (unpaired) electrons. The van der Waals surface area contributed by atoms with Crippen molar-refractivity contribution in [2.75, 3.05) is 18.8 Å². The minimum atomic E-state index is -3.92. The van der Waals surface area contributed by atoms with Crippen LogP contribution in [-0.4, -0.2) is 48.7 Å². The number of hydrogen-bond donors (Lipinski definition) is 1. The summed E-state index contributed by atoms with van der Waals surface area (Å²) in [6, 6.07) is 0. The van der Waals surface area contributed by atoms with Crippen LogP contribution in [0.4, 0.5) is 5.95 Å². The third-order valence-corrected chi connectivity index (χ3v) is 4.15. The molecule has 0 aliphatic heterocycles. The van der Waals surface area contributed by atoms with E-state index in [4.69, 9.17) is 4.52 Å². The average molecular weight is 304 g/mol. The maximum absolute atomic E-state index is 12.0. The summed E-state index contributed by atoms with van der Waals surface area (Å²) in [6.07, 6.45) is 0. The average Bonchev–Trinajstić information content (AvgIpc) is 2.74. The van der Waals surface area contributed by atoms with Crippen molar-refractivity contribution in [3.63, 3.8) is 0 Å². The fourth-order valence-corrected chi connectivity index (χ4v) is 2.27. The lowest BCUT2D eigenvalue weighted by Crippen LogP contribution is -2.40. The zero-order valence-electron chi connectivity index (χ0n) is 12.5. The molecule has 1 aromatic heterocycles. The summed E-state index contributed by atoms with van der Waals surface area (Å²) in [6.45, 7) is 6.88. The number of nitrogens with one attached hydrogen (secondary N) is 1. The van der Waals surface area contributed by atoms with Crippen LogP contribution in [-0.2, 0) is 20.2 Å². The van der Waals surface area contributed by atoms with E-state index >= 15 is 0 Å². The first-order valence-corrected chi connectivity index (χ1v) is 7.57. The van der Waals surface area contributed by atoms with Crippen LogP contribution in [0.3, 0.4) is 0 Å². The van der Waals surface area contributed by atoms with Crippen LogP contribution in [0, 0.1) is 0 Å². The number of amides is 1. The molecule has 1 heterocycles. The van der Waals surface area contributed by atoms with E-state index in [1.807, 2.05) is 20.8 Å². The van der Waals surface area contributed by atoms with Gasteiger partial charge in [0.05, 0.1) is 0 Å². The number of rotatable bonds is 4. The topological polar surface area (TPSA) is 105 Å². The Morgan fingerprint density at radius 1 is 1.35 bits per heavy atom. The molecule has 0 saturated heterocycles. The van der Waals surface area contributed by atoms with Gasteiger partial charge in [-0.25, -0.2) is 13.1 Å². The molecule has 114 valence electrons. The monoisotopic (exact) mass is 304 g/mol. The van der Waals surface area contributed by atoms with Crippen LogP contribution >= 0.6 is 0 Å². The first kappa shape index (κ1) is 16.4. The Labute approximate surface area is 118 Å². The van der Waals surface area contributed by atoms with E-state index in [0.717, 1.165) is 0 Å². The molecule has 0 aliphatic rings. The minimum Gasteiger partial charge on any atom is -0.348 e. The third-order valence-electron chi connectivity index (χ3n) is 2.56. The molecule has 0 spiro atoms. The number of hydrogen-bond acceptors (Lipinski definition) is 6. The second kappa shape index (κ2) is 5.39. The Bertz CT molecular complexity index is 586. The van der Waals surface area contributed by atoms with E-state index in [1.54, 1.807) is 0 Å². The van der Waals surface area contributed by atoms with E-state index in [-0.39, 0.29) is 11.4 Å². The standard InChI is InChI=1S/C11H20N4O4S/c1-7(8(16)15(5)6)20(17,18)14-10-12-9(19-13-10)11(2,3)4/h7H,1-6H3,(H,13,14)/t7-/m1/s1. The van der Waals surface area contributed by atoms with Gasteiger partial charge in [-0.2, -0.15) is 4.98 Å². The predicted octanol–water partition coefficient (Wildman–Crippen LogP) is 0.585. The Balaban J connectivity index is 2.92. The molecule has 1 atom stereocenters. The van der Waals surface area contributed by atoms with E-state index in [2.05, 4.69) is 14.9 Å². The van der Waals surface area contributed by atoms with Gasteiger partial charge in [-0.3, -0.25) is 4.79 Å². The summed E-state index contributed by atoms with van der Waals surface area (Å²) in [4.78, 5) is 16.9. The second-order valence-electron chi connectivity index (χ2n) is 5.70. The number of aromatic nitrogens is 2.